The summed E-state index contributed by atoms with van der Waals surface area (Å²) in [7, 11) is 1.59. The van der Waals surface area contributed by atoms with Crippen molar-refractivity contribution in [2.24, 2.45) is 0 Å². The highest BCUT2D eigenvalue weighted by atomic mass is 35.5. The molecule has 1 unspecified atom stereocenters. The van der Waals surface area contributed by atoms with E-state index in [4.69, 9.17) is 21.3 Å². The van der Waals surface area contributed by atoms with Crippen LogP contribution in [0.5, 0.6) is 5.75 Å². The molecule has 0 aliphatic rings. The maximum atomic E-state index is 13.5. The summed E-state index contributed by atoms with van der Waals surface area (Å²) in [5, 5.41) is 0.526. The van der Waals surface area contributed by atoms with Crippen LogP contribution in [-0.2, 0) is 4.79 Å². The highest BCUT2D eigenvalue weighted by Gasteiger charge is 2.28. The Morgan fingerprint density at radius 1 is 1.17 bits per heavy atom. The third kappa shape index (κ3) is 4.19. The predicted octanol–water partition coefficient (Wildman–Crippen LogP) is 4.32. The number of aromatic nitrogens is 2. The van der Waals surface area contributed by atoms with Crippen molar-refractivity contribution in [1.82, 2.24) is 14.5 Å². The van der Waals surface area contributed by atoms with Crippen molar-refractivity contribution in [1.29, 1.82) is 0 Å². The van der Waals surface area contributed by atoms with Gasteiger partial charge >= 0.3 is 0 Å². The van der Waals surface area contributed by atoms with Gasteiger partial charge in [0.25, 0.3) is 5.56 Å². The normalized spacial score (nSPS) is 12.0. The van der Waals surface area contributed by atoms with Gasteiger partial charge in [0.15, 0.2) is 0 Å². The minimum Gasteiger partial charge on any atom is -0.497 e. The first-order chi connectivity index (χ1) is 14.5. The van der Waals surface area contributed by atoms with Gasteiger partial charge in [0.05, 0.1) is 29.7 Å². The molecule has 1 atom stereocenters. The van der Waals surface area contributed by atoms with E-state index < -0.39 is 0 Å². The first-order valence-corrected chi connectivity index (χ1v) is 10.6. The van der Waals surface area contributed by atoms with Crippen LogP contribution in [0.25, 0.3) is 16.6 Å². The van der Waals surface area contributed by atoms with Crippen molar-refractivity contribution < 1.29 is 9.53 Å². The van der Waals surface area contributed by atoms with Gasteiger partial charge in [-0.2, -0.15) is 0 Å². The van der Waals surface area contributed by atoms with E-state index in [-0.39, 0.29) is 23.4 Å². The molecule has 0 saturated carbocycles. The molecular weight excluding hydrogens is 402 g/mol. The molecule has 0 bridgehead atoms. The Hall–Kier alpha value is -2.86. The lowest BCUT2D eigenvalue weighted by Crippen LogP contribution is -2.39. The van der Waals surface area contributed by atoms with E-state index in [0.717, 1.165) is 6.42 Å². The molecule has 0 radical (unpaired) electrons. The average Bonchev–Trinajstić information content (AvgIpc) is 2.79. The van der Waals surface area contributed by atoms with Gasteiger partial charge in [0.1, 0.15) is 17.5 Å². The van der Waals surface area contributed by atoms with Crippen LogP contribution in [0.3, 0.4) is 0 Å². The zero-order chi connectivity index (χ0) is 21.7. The molecule has 0 spiro atoms. The van der Waals surface area contributed by atoms with E-state index >= 15 is 0 Å². The number of fused-ring (bicyclic) bond motifs is 1. The second kappa shape index (κ2) is 9.76. The van der Waals surface area contributed by atoms with Gasteiger partial charge in [-0.05, 0) is 49.2 Å². The van der Waals surface area contributed by atoms with Crippen molar-refractivity contribution in [3.63, 3.8) is 0 Å². The van der Waals surface area contributed by atoms with Crippen LogP contribution in [0.4, 0.5) is 0 Å². The molecule has 0 N–H and O–H groups in total. The van der Waals surface area contributed by atoms with Crippen LogP contribution >= 0.6 is 11.6 Å². The van der Waals surface area contributed by atoms with Gasteiger partial charge in [-0.15, -0.1) is 11.6 Å². The fourth-order valence-electron chi connectivity index (χ4n) is 3.67. The second-order valence-corrected chi connectivity index (χ2v) is 7.24. The monoisotopic (exact) mass is 427 g/mol. The summed E-state index contributed by atoms with van der Waals surface area (Å²) in [6.07, 6.45) is 1.38. The third-order valence-corrected chi connectivity index (χ3v) is 5.32. The van der Waals surface area contributed by atoms with Gasteiger partial charge in [-0.1, -0.05) is 26.0 Å². The van der Waals surface area contributed by atoms with Crippen molar-refractivity contribution in [2.75, 3.05) is 19.5 Å². The van der Waals surface area contributed by atoms with Gasteiger partial charge in [-0.25, -0.2) is 4.98 Å². The fourth-order valence-corrected chi connectivity index (χ4v) is 3.82. The Morgan fingerprint density at radius 3 is 2.47 bits per heavy atom. The number of ether oxygens (including phenoxy) is 1. The molecule has 1 amide bonds. The topological polar surface area (TPSA) is 64.4 Å². The van der Waals surface area contributed by atoms with Crippen molar-refractivity contribution in [3.05, 3.63) is 64.7 Å². The van der Waals surface area contributed by atoms with Gasteiger partial charge in [0, 0.05) is 6.54 Å². The SMILES string of the molecule is CCCN(C(=O)CCl)C(CC)c1nc2ccccc2c(=O)n1-c1ccc(OC)cc1. The minimum atomic E-state index is -0.379. The number of hydrogen-bond donors (Lipinski definition) is 0. The smallest absolute Gasteiger partial charge is 0.266 e. The summed E-state index contributed by atoms with van der Waals surface area (Å²) in [6, 6.07) is 14.1. The number of benzene rings is 2. The van der Waals surface area contributed by atoms with E-state index in [9.17, 15) is 9.59 Å². The standard InChI is InChI=1S/C23H26ClN3O3/c1-4-14-26(21(28)15-24)20(5-2)22-25-19-9-7-6-8-18(19)23(29)27(22)16-10-12-17(30-3)13-11-16/h6-13,20H,4-5,14-15H2,1-3H3. The maximum absolute atomic E-state index is 13.5. The largest absolute Gasteiger partial charge is 0.497 e. The molecule has 1 heterocycles. The number of nitrogens with zero attached hydrogens (tertiary/aromatic N) is 3. The lowest BCUT2D eigenvalue weighted by molar-refractivity contribution is -0.131. The van der Waals surface area contributed by atoms with Crippen LogP contribution in [-0.4, -0.2) is 39.9 Å². The summed E-state index contributed by atoms with van der Waals surface area (Å²) in [4.78, 5) is 32.7. The number of alkyl halides is 1. The highest BCUT2D eigenvalue weighted by Crippen LogP contribution is 2.27. The van der Waals surface area contributed by atoms with Gasteiger partial charge < -0.3 is 9.64 Å². The summed E-state index contributed by atoms with van der Waals surface area (Å²) in [5.74, 6) is 0.933. The highest BCUT2D eigenvalue weighted by molar-refractivity contribution is 6.27. The lowest BCUT2D eigenvalue weighted by atomic mass is 10.1. The number of amides is 1. The summed E-state index contributed by atoms with van der Waals surface area (Å²) in [6.45, 7) is 4.52. The van der Waals surface area contributed by atoms with Gasteiger partial charge in [0.2, 0.25) is 5.91 Å². The Morgan fingerprint density at radius 2 is 1.87 bits per heavy atom. The molecule has 7 heteroatoms. The van der Waals surface area contributed by atoms with Crippen LogP contribution in [0, 0.1) is 0 Å². The molecular formula is C23H26ClN3O3. The molecule has 3 rings (SSSR count). The fraction of sp³-hybridized carbons (Fsp3) is 0.348. The maximum Gasteiger partial charge on any atom is 0.266 e. The van der Waals surface area contributed by atoms with Crippen molar-refractivity contribution >= 4 is 28.4 Å². The van der Waals surface area contributed by atoms with Crippen molar-refractivity contribution in [2.45, 2.75) is 32.7 Å². The average molecular weight is 428 g/mol. The molecule has 0 fully saturated rings. The Kier molecular flexibility index (Phi) is 7.11. The number of hydrogen-bond acceptors (Lipinski definition) is 4. The Bertz CT molecular complexity index is 1080. The van der Waals surface area contributed by atoms with Crippen molar-refractivity contribution in [3.8, 4) is 11.4 Å². The molecule has 0 aliphatic heterocycles. The minimum absolute atomic E-state index is 0.114. The van der Waals surface area contributed by atoms with E-state index in [1.54, 1.807) is 34.8 Å². The molecule has 1 aromatic heterocycles. The Labute approximate surface area is 181 Å². The third-order valence-electron chi connectivity index (χ3n) is 5.09. The quantitative estimate of drug-likeness (QED) is 0.502. The van der Waals surface area contributed by atoms with Crippen LogP contribution in [0.1, 0.15) is 38.6 Å². The van der Waals surface area contributed by atoms with E-state index in [1.807, 2.05) is 44.2 Å². The molecule has 158 valence electrons. The first-order valence-electron chi connectivity index (χ1n) is 10.1. The summed E-state index contributed by atoms with van der Waals surface area (Å²) in [5.41, 5.74) is 1.10. The number of methoxy groups -OCH3 is 1. The molecule has 3 aromatic rings. The van der Waals surface area contributed by atoms with Crippen LogP contribution < -0.4 is 10.3 Å². The second-order valence-electron chi connectivity index (χ2n) is 6.97. The molecule has 0 aliphatic carbocycles. The molecule has 30 heavy (non-hydrogen) atoms. The Balaban J connectivity index is 2.30. The summed E-state index contributed by atoms with van der Waals surface area (Å²) >= 11 is 5.89. The van der Waals surface area contributed by atoms with E-state index in [0.29, 0.717) is 41.1 Å². The molecule has 2 aromatic carbocycles. The number of para-hydroxylation sites is 1. The summed E-state index contributed by atoms with van der Waals surface area (Å²) < 4.78 is 6.85. The van der Waals surface area contributed by atoms with Crippen LogP contribution in [0.2, 0.25) is 0 Å². The van der Waals surface area contributed by atoms with Crippen LogP contribution in [0.15, 0.2) is 53.3 Å². The number of carbonyl (C=O) groups is 1. The number of halogens is 1. The number of rotatable bonds is 8. The number of carbonyl (C=O) groups excluding carboxylic acids is 1. The molecule has 6 nitrogen and oxygen atoms in total. The van der Waals surface area contributed by atoms with E-state index in [1.165, 1.54) is 0 Å². The lowest BCUT2D eigenvalue weighted by Gasteiger charge is -2.31. The van der Waals surface area contributed by atoms with E-state index in [2.05, 4.69) is 0 Å². The zero-order valence-corrected chi connectivity index (χ0v) is 18.2. The first kappa shape index (κ1) is 21.8. The molecule has 0 saturated heterocycles. The zero-order valence-electron chi connectivity index (χ0n) is 17.5. The predicted molar refractivity (Wildman–Crippen MR) is 120 cm³/mol. The van der Waals surface area contributed by atoms with Gasteiger partial charge in [-0.3, -0.25) is 14.2 Å².